The van der Waals surface area contributed by atoms with Gasteiger partial charge in [0, 0.05) is 25.3 Å². The molecule has 1 N–H and O–H groups in total. The fourth-order valence-corrected chi connectivity index (χ4v) is 3.15. The van der Waals surface area contributed by atoms with Crippen LogP contribution in [-0.2, 0) is 14.3 Å². The molecule has 2 heterocycles. The van der Waals surface area contributed by atoms with E-state index in [1.807, 2.05) is 13.8 Å². The summed E-state index contributed by atoms with van der Waals surface area (Å²) in [5.74, 6) is -0.0429. The van der Waals surface area contributed by atoms with Crippen molar-refractivity contribution in [1.29, 1.82) is 0 Å². The first kappa shape index (κ1) is 14.8. The van der Waals surface area contributed by atoms with E-state index >= 15 is 0 Å². The summed E-state index contributed by atoms with van der Waals surface area (Å²) in [7, 11) is 0. The van der Waals surface area contributed by atoms with E-state index in [1.165, 1.54) is 19.3 Å². The predicted molar refractivity (Wildman–Crippen MR) is 74.0 cm³/mol. The maximum atomic E-state index is 11.9. The number of piperidine rings is 1. The minimum absolute atomic E-state index is 0.0429. The van der Waals surface area contributed by atoms with Crippen molar-refractivity contribution in [3.63, 3.8) is 0 Å². The summed E-state index contributed by atoms with van der Waals surface area (Å²) in [4.78, 5) is 11.9. The maximum absolute atomic E-state index is 11.9. The van der Waals surface area contributed by atoms with Crippen LogP contribution in [0.15, 0.2) is 0 Å². The number of rotatable bonds is 4. The lowest BCUT2D eigenvalue weighted by Crippen LogP contribution is -2.36. The van der Waals surface area contributed by atoms with Gasteiger partial charge in [-0.3, -0.25) is 4.79 Å². The van der Waals surface area contributed by atoms with Crippen LogP contribution in [-0.4, -0.2) is 36.9 Å². The molecule has 0 radical (unpaired) electrons. The van der Waals surface area contributed by atoms with Crippen molar-refractivity contribution in [3.05, 3.63) is 0 Å². The molecule has 0 saturated carbocycles. The van der Waals surface area contributed by atoms with Gasteiger partial charge in [0.05, 0.1) is 12.2 Å². The average Bonchev–Trinajstić information content (AvgIpc) is 2.36. The van der Waals surface area contributed by atoms with Gasteiger partial charge in [0.1, 0.15) is 6.10 Å². The van der Waals surface area contributed by atoms with Gasteiger partial charge in [0.15, 0.2) is 0 Å². The van der Waals surface area contributed by atoms with Gasteiger partial charge >= 0.3 is 5.97 Å². The monoisotopic (exact) mass is 269 g/mol. The summed E-state index contributed by atoms with van der Waals surface area (Å²) in [5.41, 5.74) is 0. The van der Waals surface area contributed by atoms with Gasteiger partial charge in [-0.2, -0.15) is 0 Å². The first-order chi connectivity index (χ1) is 9.13. The van der Waals surface area contributed by atoms with Crippen molar-refractivity contribution in [2.75, 3.05) is 6.54 Å². The Kier molecular flexibility index (Phi) is 5.64. The fraction of sp³-hybridized carbons (Fsp3) is 0.933. The largest absolute Gasteiger partial charge is 0.462 e. The lowest BCUT2D eigenvalue weighted by Gasteiger charge is -2.31. The Bertz CT molecular complexity index is 279. The van der Waals surface area contributed by atoms with Crippen molar-refractivity contribution in [2.24, 2.45) is 0 Å². The Labute approximate surface area is 116 Å². The summed E-state index contributed by atoms with van der Waals surface area (Å²) in [6.07, 6.45) is 7.29. The summed E-state index contributed by atoms with van der Waals surface area (Å²) in [5, 5.41) is 3.46. The van der Waals surface area contributed by atoms with Gasteiger partial charge in [0.25, 0.3) is 0 Å². The molecular formula is C15H27NO3. The lowest BCUT2D eigenvalue weighted by atomic mass is 10.0. The Balaban J connectivity index is 1.65. The highest BCUT2D eigenvalue weighted by atomic mass is 16.6. The second kappa shape index (κ2) is 7.25. The van der Waals surface area contributed by atoms with E-state index in [2.05, 4.69) is 5.32 Å². The molecule has 110 valence electrons. The van der Waals surface area contributed by atoms with Crippen LogP contribution in [0, 0.1) is 0 Å². The molecule has 4 heteroatoms. The van der Waals surface area contributed by atoms with E-state index < -0.39 is 0 Å². The van der Waals surface area contributed by atoms with Crippen LogP contribution in [0.2, 0.25) is 0 Å². The molecule has 0 amide bonds. The predicted octanol–water partition coefficient (Wildman–Crippen LogP) is 2.41. The average molecular weight is 269 g/mol. The number of esters is 1. The van der Waals surface area contributed by atoms with Crippen LogP contribution in [0.4, 0.5) is 0 Å². The lowest BCUT2D eigenvalue weighted by molar-refractivity contribution is -0.159. The first-order valence-corrected chi connectivity index (χ1v) is 7.72. The van der Waals surface area contributed by atoms with E-state index in [0.717, 1.165) is 25.8 Å². The van der Waals surface area contributed by atoms with Gasteiger partial charge in [0.2, 0.25) is 0 Å². The number of carbonyl (C=O) groups excluding carboxylic acids is 1. The van der Waals surface area contributed by atoms with Crippen LogP contribution < -0.4 is 5.32 Å². The Morgan fingerprint density at radius 2 is 2.00 bits per heavy atom. The second-order valence-corrected chi connectivity index (χ2v) is 6.03. The van der Waals surface area contributed by atoms with E-state index in [-0.39, 0.29) is 24.3 Å². The zero-order valence-electron chi connectivity index (χ0n) is 12.2. The standard InChI is InChI=1S/C15H27NO3/c1-11-9-14(10-12(2)18-11)19-15(17)7-6-13-5-3-4-8-16-13/h11-14,16H,3-10H2,1-2H3. The Morgan fingerprint density at radius 1 is 1.26 bits per heavy atom. The zero-order chi connectivity index (χ0) is 13.7. The molecule has 2 rings (SSSR count). The number of nitrogens with one attached hydrogen (secondary N) is 1. The van der Waals surface area contributed by atoms with Gasteiger partial charge in [-0.05, 0) is 39.7 Å². The van der Waals surface area contributed by atoms with Crippen LogP contribution in [0.25, 0.3) is 0 Å². The fourth-order valence-electron chi connectivity index (χ4n) is 3.15. The molecule has 0 spiro atoms. The normalized spacial score (nSPS) is 35.9. The van der Waals surface area contributed by atoms with Crippen LogP contribution in [0.1, 0.15) is 58.8 Å². The van der Waals surface area contributed by atoms with Gasteiger partial charge in [-0.15, -0.1) is 0 Å². The third kappa shape index (κ3) is 5.11. The third-order valence-electron chi connectivity index (χ3n) is 4.06. The van der Waals surface area contributed by atoms with E-state index in [0.29, 0.717) is 12.5 Å². The minimum atomic E-state index is -0.0429. The number of hydrogen-bond donors (Lipinski definition) is 1. The van der Waals surface area contributed by atoms with E-state index in [4.69, 9.17) is 9.47 Å². The van der Waals surface area contributed by atoms with Gasteiger partial charge in [-0.25, -0.2) is 0 Å². The molecule has 4 nitrogen and oxygen atoms in total. The smallest absolute Gasteiger partial charge is 0.306 e. The molecule has 2 aliphatic rings. The SMILES string of the molecule is CC1CC(OC(=O)CCC2CCCCN2)CC(C)O1. The number of hydrogen-bond acceptors (Lipinski definition) is 4. The molecule has 0 aromatic carbocycles. The topological polar surface area (TPSA) is 47.6 Å². The third-order valence-corrected chi connectivity index (χ3v) is 4.06. The van der Waals surface area contributed by atoms with Crippen LogP contribution >= 0.6 is 0 Å². The molecule has 0 aromatic rings. The van der Waals surface area contributed by atoms with E-state index in [1.54, 1.807) is 0 Å². The summed E-state index contributed by atoms with van der Waals surface area (Å²) < 4.78 is 11.2. The molecule has 2 fully saturated rings. The summed E-state index contributed by atoms with van der Waals surface area (Å²) in [6.45, 7) is 5.18. The van der Waals surface area contributed by atoms with Crippen LogP contribution in [0.3, 0.4) is 0 Å². The van der Waals surface area contributed by atoms with Gasteiger partial charge < -0.3 is 14.8 Å². The highest BCUT2D eigenvalue weighted by Gasteiger charge is 2.27. The molecule has 2 aliphatic heterocycles. The molecule has 0 bridgehead atoms. The number of carbonyl (C=O) groups is 1. The molecule has 2 saturated heterocycles. The molecule has 0 aliphatic carbocycles. The molecular weight excluding hydrogens is 242 g/mol. The minimum Gasteiger partial charge on any atom is -0.462 e. The Morgan fingerprint density at radius 3 is 2.63 bits per heavy atom. The van der Waals surface area contributed by atoms with Crippen molar-refractivity contribution in [3.8, 4) is 0 Å². The molecule has 19 heavy (non-hydrogen) atoms. The van der Waals surface area contributed by atoms with Gasteiger partial charge in [-0.1, -0.05) is 6.42 Å². The quantitative estimate of drug-likeness (QED) is 0.796. The molecule has 0 aromatic heterocycles. The Hall–Kier alpha value is -0.610. The number of ether oxygens (including phenoxy) is 2. The van der Waals surface area contributed by atoms with Crippen LogP contribution in [0.5, 0.6) is 0 Å². The van der Waals surface area contributed by atoms with Crippen molar-refractivity contribution in [1.82, 2.24) is 5.32 Å². The highest BCUT2D eigenvalue weighted by molar-refractivity contribution is 5.69. The summed E-state index contributed by atoms with van der Waals surface area (Å²) in [6, 6.07) is 0.508. The van der Waals surface area contributed by atoms with Crippen molar-refractivity contribution >= 4 is 5.97 Å². The first-order valence-electron chi connectivity index (χ1n) is 7.72. The maximum Gasteiger partial charge on any atom is 0.306 e. The van der Waals surface area contributed by atoms with Crippen molar-refractivity contribution < 1.29 is 14.3 Å². The molecule has 3 atom stereocenters. The summed E-state index contributed by atoms with van der Waals surface area (Å²) >= 11 is 0. The van der Waals surface area contributed by atoms with Crippen molar-refractivity contribution in [2.45, 2.75) is 83.1 Å². The molecule has 3 unspecified atom stereocenters. The highest BCUT2D eigenvalue weighted by Crippen LogP contribution is 2.22. The second-order valence-electron chi connectivity index (χ2n) is 6.03. The zero-order valence-corrected chi connectivity index (χ0v) is 12.2. The van der Waals surface area contributed by atoms with E-state index in [9.17, 15) is 4.79 Å².